The SMILES string of the molecule is COc1nc(Br)c2cnoc2n1. The molecule has 2 aromatic heterocycles. The lowest BCUT2D eigenvalue weighted by atomic mass is 10.5. The highest BCUT2D eigenvalue weighted by Crippen LogP contribution is 2.22. The average Bonchev–Trinajstić information content (AvgIpc) is 2.52. The Balaban J connectivity index is 2.75. The van der Waals surface area contributed by atoms with E-state index in [0.717, 1.165) is 5.39 Å². The lowest BCUT2D eigenvalue weighted by Gasteiger charge is -1.96. The Morgan fingerprint density at radius 1 is 1.50 bits per heavy atom. The Morgan fingerprint density at radius 3 is 3.08 bits per heavy atom. The van der Waals surface area contributed by atoms with Crippen molar-refractivity contribution in [1.29, 1.82) is 0 Å². The molecule has 0 unspecified atom stereocenters. The highest BCUT2D eigenvalue weighted by molar-refractivity contribution is 9.10. The van der Waals surface area contributed by atoms with Crippen molar-refractivity contribution in [3.05, 3.63) is 10.8 Å². The number of nitrogens with zero attached hydrogens (tertiary/aromatic N) is 3. The second-order valence-corrected chi connectivity index (χ2v) is 2.80. The summed E-state index contributed by atoms with van der Waals surface area (Å²) in [6.45, 7) is 0. The Kier molecular flexibility index (Phi) is 1.69. The molecule has 0 bridgehead atoms. The Morgan fingerprint density at radius 2 is 2.33 bits per heavy atom. The van der Waals surface area contributed by atoms with E-state index in [-0.39, 0.29) is 6.01 Å². The van der Waals surface area contributed by atoms with Crippen LogP contribution in [0.3, 0.4) is 0 Å². The smallest absolute Gasteiger partial charge is 0.320 e. The Hall–Kier alpha value is -1.17. The number of methoxy groups -OCH3 is 1. The van der Waals surface area contributed by atoms with Crippen LogP contribution in [0.5, 0.6) is 6.01 Å². The normalized spacial score (nSPS) is 10.5. The standard InChI is InChI=1S/C6H4BrN3O2/c1-11-6-9-4(7)3-2-8-12-5(3)10-6/h2H,1H3. The molecule has 0 N–H and O–H groups in total. The van der Waals surface area contributed by atoms with Crippen molar-refractivity contribution in [3.8, 4) is 6.01 Å². The van der Waals surface area contributed by atoms with Gasteiger partial charge in [-0.15, -0.1) is 0 Å². The Labute approximate surface area is 75.9 Å². The molecular weight excluding hydrogens is 226 g/mol. The zero-order valence-corrected chi connectivity index (χ0v) is 7.70. The predicted octanol–water partition coefficient (Wildman–Crippen LogP) is 1.39. The van der Waals surface area contributed by atoms with Crippen molar-refractivity contribution in [2.24, 2.45) is 0 Å². The van der Waals surface area contributed by atoms with E-state index in [2.05, 4.69) is 31.1 Å². The molecule has 0 aliphatic carbocycles. The fraction of sp³-hybridized carbons (Fsp3) is 0.167. The third-order valence-electron chi connectivity index (χ3n) is 1.35. The molecule has 2 aromatic rings. The average molecular weight is 230 g/mol. The van der Waals surface area contributed by atoms with Crippen LogP contribution in [0.1, 0.15) is 0 Å². The van der Waals surface area contributed by atoms with E-state index in [1.807, 2.05) is 0 Å². The third-order valence-corrected chi connectivity index (χ3v) is 1.95. The molecule has 12 heavy (non-hydrogen) atoms. The van der Waals surface area contributed by atoms with Crippen molar-refractivity contribution < 1.29 is 9.26 Å². The minimum Gasteiger partial charge on any atom is -0.467 e. The van der Waals surface area contributed by atoms with E-state index >= 15 is 0 Å². The van der Waals surface area contributed by atoms with Crippen LogP contribution in [0.25, 0.3) is 11.1 Å². The van der Waals surface area contributed by atoms with Crippen LogP contribution in [-0.4, -0.2) is 22.2 Å². The zero-order valence-electron chi connectivity index (χ0n) is 6.11. The number of aromatic nitrogens is 3. The first-order valence-corrected chi connectivity index (χ1v) is 3.92. The van der Waals surface area contributed by atoms with Gasteiger partial charge in [0.1, 0.15) is 4.60 Å². The molecule has 5 nitrogen and oxygen atoms in total. The van der Waals surface area contributed by atoms with Gasteiger partial charge in [-0.05, 0) is 15.9 Å². The molecular formula is C6H4BrN3O2. The van der Waals surface area contributed by atoms with Crippen molar-refractivity contribution in [1.82, 2.24) is 15.1 Å². The lowest BCUT2D eigenvalue weighted by molar-refractivity contribution is 0.374. The number of halogens is 1. The summed E-state index contributed by atoms with van der Waals surface area (Å²) in [5.41, 5.74) is 0.411. The number of fused-ring (bicyclic) bond motifs is 1. The summed E-state index contributed by atoms with van der Waals surface area (Å²) in [4.78, 5) is 7.90. The maximum atomic E-state index is 4.83. The molecule has 6 heteroatoms. The van der Waals surface area contributed by atoms with Gasteiger partial charge in [0, 0.05) is 0 Å². The van der Waals surface area contributed by atoms with Crippen molar-refractivity contribution >= 4 is 27.0 Å². The quantitative estimate of drug-likeness (QED) is 0.692. The molecule has 0 atom stereocenters. The molecule has 2 heterocycles. The first-order valence-electron chi connectivity index (χ1n) is 3.13. The molecule has 62 valence electrons. The van der Waals surface area contributed by atoms with Crippen LogP contribution in [0.4, 0.5) is 0 Å². The molecule has 0 spiro atoms. The van der Waals surface area contributed by atoms with Crippen molar-refractivity contribution in [3.63, 3.8) is 0 Å². The monoisotopic (exact) mass is 229 g/mol. The summed E-state index contributed by atoms with van der Waals surface area (Å²) < 4.78 is 10.3. The van der Waals surface area contributed by atoms with Gasteiger partial charge in [0.15, 0.2) is 0 Å². The first-order chi connectivity index (χ1) is 5.81. The summed E-state index contributed by atoms with van der Waals surface area (Å²) >= 11 is 3.24. The summed E-state index contributed by atoms with van der Waals surface area (Å²) in [6, 6.07) is 0.256. The molecule has 0 aliphatic rings. The lowest BCUT2D eigenvalue weighted by Crippen LogP contribution is -1.91. The number of ether oxygens (including phenoxy) is 1. The van der Waals surface area contributed by atoms with E-state index < -0.39 is 0 Å². The second kappa shape index (κ2) is 2.71. The highest BCUT2D eigenvalue weighted by atomic mass is 79.9. The molecule has 0 saturated heterocycles. The number of rotatable bonds is 1. The van der Waals surface area contributed by atoms with E-state index in [4.69, 9.17) is 9.26 Å². The predicted molar refractivity (Wildman–Crippen MR) is 43.9 cm³/mol. The van der Waals surface area contributed by atoms with Gasteiger partial charge >= 0.3 is 6.01 Å². The molecule has 0 amide bonds. The van der Waals surface area contributed by atoms with E-state index in [9.17, 15) is 0 Å². The van der Waals surface area contributed by atoms with Crippen LogP contribution in [0.2, 0.25) is 0 Å². The summed E-state index contributed by atoms with van der Waals surface area (Å²) in [5.74, 6) is 0. The van der Waals surface area contributed by atoms with Crippen LogP contribution >= 0.6 is 15.9 Å². The van der Waals surface area contributed by atoms with Crippen LogP contribution in [-0.2, 0) is 0 Å². The summed E-state index contributed by atoms with van der Waals surface area (Å²) in [7, 11) is 1.49. The number of hydrogen-bond donors (Lipinski definition) is 0. The van der Waals surface area contributed by atoms with Crippen LogP contribution in [0, 0.1) is 0 Å². The van der Waals surface area contributed by atoms with E-state index in [1.165, 1.54) is 7.11 Å². The van der Waals surface area contributed by atoms with Crippen molar-refractivity contribution in [2.75, 3.05) is 7.11 Å². The molecule has 2 rings (SSSR count). The summed E-state index contributed by atoms with van der Waals surface area (Å²) in [6.07, 6.45) is 1.54. The molecule has 0 fully saturated rings. The van der Waals surface area contributed by atoms with Gasteiger partial charge in [0.2, 0.25) is 0 Å². The van der Waals surface area contributed by atoms with Crippen molar-refractivity contribution in [2.45, 2.75) is 0 Å². The molecule has 0 aliphatic heterocycles. The van der Waals surface area contributed by atoms with Gasteiger partial charge in [-0.3, -0.25) is 0 Å². The van der Waals surface area contributed by atoms with Gasteiger partial charge in [-0.25, -0.2) is 0 Å². The fourth-order valence-electron chi connectivity index (χ4n) is 0.803. The van der Waals surface area contributed by atoms with Gasteiger partial charge in [0.05, 0.1) is 18.7 Å². The second-order valence-electron chi connectivity index (χ2n) is 2.05. The zero-order chi connectivity index (χ0) is 8.55. The molecule has 0 saturated carbocycles. The topological polar surface area (TPSA) is 61.0 Å². The number of hydrogen-bond acceptors (Lipinski definition) is 5. The Bertz CT molecular complexity index is 414. The molecule has 0 radical (unpaired) electrons. The highest BCUT2D eigenvalue weighted by Gasteiger charge is 2.08. The van der Waals surface area contributed by atoms with Gasteiger partial charge in [-0.2, -0.15) is 9.97 Å². The van der Waals surface area contributed by atoms with Gasteiger partial charge < -0.3 is 9.26 Å². The third kappa shape index (κ3) is 1.04. The van der Waals surface area contributed by atoms with Gasteiger partial charge in [0.25, 0.3) is 5.71 Å². The van der Waals surface area contributed by atoms with Gasteiger partial charge in [-0.1, -0.05) is 5.16 Å². The maximum Gasteiger partial charge on any atom is 0.320 e. The van der Waals surface area contributed by atoms with E-state index in [0.29, 0.717) is 10.3 Å². The van der Waals surface area contributed by atoms with Crippen LogP contribution in [0.15, 0.2) is 15.3 Å². The largest absolute Gasteiger partial charge is 0.467 e. The fourth-order valence-corrected chi connectivity index (χ4v) is 1.23. The van der Waals surface area contributed by atoms with E-state index in [1.54, 1.807) is 6.20 Å². The summed E-state index contributed by atoms with van der Waals surface area (Å²) in [5, 5.41) is 4.31. The first kappa shape index (κ1) is 7.48. The minimum atomic E-state index is 0.256. The van der Waals surface area contributed by atoms with Crippen LogP contribution < -0.4 is 4.74 Å². The maximum absolute atomic E-state index is 4.83. The molecule has 0 aromatic carbocycles. The minimum absolute atomic E-state index is 0.256.